The number of aliphatic carboxylic acids is 1. The van der Waals surface area contributed by atoms with Gasteiger partial charge in [0.25, 0.3) is 0 Å². The zero-order valence-corrected chi connectivity index (χ0v) is 18.1. The van der Waals surface area contributed by atoms with Crippen molar-refractivity contribution in [2.24, 2.45) is 11.8 Å². The van der Waals surface area contributed by atoms with Gasteiger partial charge in [0.2, 0.25) is 5.91 Å². The van der Waals surface area contributed by atoms with Crippen LogP contribution < -0.4 is 10.6 Å². The van der Waals surface area contributed by atoms with Crippen LogP contribution >= 0.6 is 0 Å². The van der Waals surface area contributed by atoms with Crippen LogP contribution in [0.4, 0.5) is 23.7 Å². The van der Waals surface area contributed by atoms with Gasteiger partial charge in [-0.25, -0.2) is 14.5 Å². The summed E-state index contributed by atoms with van der Waals surface area (Å²) in [5.74, 6) is -4.26. The second kappa shape index (κ2) is 9.80. The molecule has 33 heavy (non-hydrogen) atoms. The summed E-state index contributed by atoms with van der Waals surface area (Å²) in [6.07, 6.45) is -1.03. The molecule has 8 nitrogen and oxygen atoms in total. The van der Waals surface area contributed by atoms with Gasteiger partial charge in [-0.3, -0.25) is 4.79 Å². The summed E-state index contributed by atoms with van der Waals surface area (Å²) < 4.78 is 41.0. The molecule has 1 saturated heterocycles. The molecule has 3 amide bonds. The van der Waals surface area contributed by atoms with Crippen molar-refractivity contribution in [3.63, 3.8) is 0 Å². The number of imide groups is 1. The number of carboxylic acid groups (broad SMARTS) is 1. The van der Waals surface area contributed by atoms with Crippen molar-refractivity contribution < 1.29 is 32.7 Å². The molecule has 1 heterocycles. The number of rotatable bonds is 7. The van der Waals surface area contributed by atoms with Crippen LogP contribution in [0.5, 0.6) is 0 Å². The van der Waals surface area contributed by atoms with E-state index < -0.39 is 48.0 Å². The van der Waals surface area contributed by atoms with Gasteiger partial charge < -0.3 is 21.1 Å². The first-order valence-corrected chi connectivity index (χ1v) is 10.8. The van der Waals surface area contributed by atoms with E-state index in [1.165, 1.54) is 0 Å². The zero-order valence-electron chi connectivity index (χ0n) is 18.1. The first kappa shape index (κ1) is 24.5. The second-order valence-electron chi connectivity index (χ2n) is 8.44. The van der Waals surface area contributed by atoms with Crippen LogP contribution in [0.1, 0.15) is 43.2 Å². The SMILES string of the molecule is CNc1cccc(C[C@H]2C(=O)N(C(=O)NC(C3CCCCC3)C(F)(F)F)C2C(=O)O)c1C=N. The Hall–Kier alpha value is -3.11. The van der Waals surface area contributed by atoms with Crippen molar-refractivity contribution in [2.45, 2.75) is 56.8 Å². The average Bonchev–Trinajstić information content (AvgIpc) is 2.78. The van der Waals surface area contributed by atoms with Gasteiger partial charge >= 0.3 is 18.2 Å². The molecular formula is C22H27F3N4O4. The number of anilines is 1. The molecule has 1 aromatic carbocycles. The molecule has 0 bridgehead atoms. The van der Waals surface area contributed by atoms with Crippen molar-refractivity contribution in [3.8, 4) is 0 Å². The Morgan fingerprint density at radius 2 is 1.94 bits per heavy atom. The van der Waals surface area contributed by atoms with Gasteiger partial charge in [-0.15, -0.1) is 0 Å². The number of β-lactam (4-membered cyclic amide) rings is 1. The Bertz CT molecular complexity index is 931. The minimum atomic E-state index is -4.71. The predicted octanol–water partition coefficient (Wildman–Crippen LogP) is 3.40. The number of halogens is 3. The van der Waals surface area contributed by atoms with Crippen LogP contribution in [-0.4, -0.2) is 59.4 Å². The van der Waals surface area contributed by atoms with E-state index in [1.54, 1.807) is 25.2 Å². The van der Waals surface area contributed by atoms with Crippen molar-refractivity contribution in [2.75, 3.05) is 12.4 Å². The molecule has 0 radical (unpaired) electrons. The third-order valence-electron chi connectivity index (χ3n) is 6.49. The highest BCUT2D eigenvalue weighted by Crippen LogP contribution is 2.36. The standard InChI is InChI=1S/C22H27F3N4O4/c1-27-16-9-5-8-13(15(16)11-26)10-14-17(20(31)32)29(19(14)30)21(33)28-18(22(23,24)25)12-6-3-2-4-7-12/h5,8-9,11-12,14,17-18,26-27H,2-4,6-7,10H2,1H3,(H,28,33)(H,31,32)/t14-,17?,18?/m1/s1. The van der Waals surface area contributed by atoms with Gasteiger partial charge in [0, 0.05) is 24.5 Å². The van der Waals surface area contributed by atoms with E-state index in [-0.39, 0.29) is 6.42 Å². The number of nitrogens with zero attached hydrogens (tertiary/aromatic N) is 1. The summed E-state index contributed by atoms with van der Waals surface area (Å²) in [6, 6.07) is -0.0383. The highest BCUT2D eigenvalue weighted by molar-refractivity contribution is 6.07. The predicted molar refractivity (Wildman–Crippen MR) is 114 cm³/mol. The minimum Gasteiger partial charge on any atom is -0.480 e. The van der Waals surface area contributed by atoms with E-state index >= 15 is 0 Å². The second-order valence-corrected chi connectivity index (χ2v) is 8.44. The molecule has 2 unspecified atom stereocenters. The van der Waals surface area contributed by atoms with Crippen molar-refractivity contribution in [1.82, 2.24) is 10.2 Å². The largest absolute Gasteiger partial charge is 0.480 e. The number of hydrogen-bond acceptors (Lipinski definition) is 5. The van der Waals surface area contributed by atoms with E-state index in [1.807, 2.05) is 5.32 Å². The van der Waals surface area contributed by atoms with Crippen LogP contribution in [-0.2, 0) is 16.0 Å². The van der Waals surface area contributed by atoms with Crippen LogP contribution in [0, 0.1) is 17.2 Å². The third kappa shape index (κ3) is 4.96. The van der Waals surface area contributed by atoms with Gasteiger partial charge in [-0.2, -0.15) is 13.2 Å². The lowest BCUT2D eigenvalue weighted by Crippen LogP contribution is -2.70. The fraction of sp³-hybridized carbons (Fsp3) is 0.545. The van der Waals surface area contributed by atoms with Gasteiger partial charge in [0.05, 0.1) is 5.92 Å². The van der Waals surface area contributed by atoms with E-state index in [4.69, 9.17) is 5.41 Å². The average molecular weight is 468 g/mol. The number of hydrogen-bond donors (Lipinski definition) is 4. The van der Waals surface area contributed by atoms with Gasteiger partial charge in [-0.1, -0.05) is 31.4 Å². The molecule has 4 N–H and O–H groups in total. The molecule has 1 saturated carbocycles. The van der Waals surface area contributed by atoms with Crippen LogP contribution in [0.15, 0.2) is 18.2 Å². The lowest BCUT2D eigenvalue weighted by Gasteiger charge is -2.44. The molecule has 180 valence electrons. The van der Waals surface area contributed by atoms with Crippen LogP contribution in [0.3, 0.4) is 0 Å². The number of urea groups is 1. The number of nitrogens with one attached hydrogen (secondary N) is 3. The van der Waals surface area contributed by atoms with Crippen LogP contribution in [0.25, 0.3) is 0 Å². The summed E-state index contributed by atoms with van der Waals surface area (Å²) >= 11 is 0. The number of carbonyl (C=O) groups excluding carboxylic acids is 2. The van der Waals surface area contributed by atoms with E-state index in [2.05, 4.69) is 5.32 Å². The number of benzene rings is 1. The smallest absolute Gasteiger partial charge is 0.408 e. The summed E-state index contributed by atoms with van der Waals surface area (Å²) in [7, 11) is 1.65. The van der Waals surface area contributed by atoms with Gasteiger partial charge in [-0.05, 0) is 36.8 Å². The van der Waals surface area contributed by atoms with Crippen molar-refractivity contribution >= 4 is 29.8 Å². The van der Waals surface area contributed by atoms with Gasteiger partial charge in [0.1, 0.15) is 6.04 Å². The summed E-state index contributed by atoms with van der Waals surface area (Å²) in [6.45, 7) is 0. The Morgan fingerprint density at radius 1 is 1.27 bits per heavy atom. The van der Waals surface area contributed by atoms with E-state index in [9.17, 15) is 32.7 Å². The maximum atomic E-state index is 13.7. The van der Waals surface area contributed by atoms with Crippen molar-refractivity contribution in [1.29, 1.82) is 5.41 Å². The third-order valence-corrected chi connectivity index (χ3v) is 6.49. The first-order valence-electron chi connectivity index (χ1n) is 10.8. The molecule has 11 heteroatoms. The lowest BCUT2D eigenvalue weighted by molar-refractivity contribution is -0.172. The minimum absolute atomic E-state index is 0.0643. The highest BCUT2D eigenvalue weighted by Gasteiger charge is 2.56. The summed E-state index contributed by atoms with van der Waals surface area (Å²) in [5, 5.41) is 22.1. The van der Waals surface area contributed by atoms with Gasteiger partial charge in [0.15, 0.2) is 6.04 Å². The number of carbonyl (C=O) groups is 3. The number of alkyl halides is 3. The molecule has 0 aromatic heterocycles. The van der Waals surface area contributed by atoms with E-state index in [0.717, 1.165) is 12.6 Å². The Labute approximate surface area is 189 Å². The topological polar surface area (TPSA) is 123 Å². The molecule has 1 aliphatic carbocycles. The van der Waals surface area contributed by atoms with Crippen molar-refractivity contribution in [3.05, 3.63) is 29.3 Å². The maximum Gasteiger partial charge on any atom is 0.408 e. The zero-order chi connectivity index (χ0) is 24.3. The monoisotopic (exact) mass is 468 g/mol. The molecular weight excluding hydrogens is 441 g/mol. The molecule has 2 aliphatic rings. The summed E-state index contributed by atoms with van der Waals surface area (Å²) in [4.78, 5) is 37.6. The Morgan fingerprint density at radius 3 is 2.48 bits per heavy atom. The van der Waals surface area contributed by atoms with E-state index in [0.29, 0.717) is 47.4 Å². The Balaban J connectivity index is 1.79. The number of carboxylic acids is 1. The highest BCUT2D eigenvalue weighted by atomic mass is 19.4. The Kier molecular flexibility index (Phi) is 7.28. The first-order chi connectivity index (χ1) is 15.6. The molecule has 2 fully saturated rings. The molecule has 3 atom stereocenters. The normalized spacial score (nSPS) is 22.3. The number of amides is 3. The quantitative estimate of drug-likeness (QED) is 0.361. The lowest BCUT2D eigenvalue weighted by atomic mass is 9.81. The molecule has 0 spiro atoms. The summed E-state index contributed by atoms with van der Waals surface area (Å²) in [5.41, 5.74) is 1.60. The number of likely N-dealkylation sites (tertiary alicyclic amines) is 1. The fourth-order valence-corrected chi connectivity index (χ4v) is 4.81. The maximum absolute atomic E-state index is 13.7. The molecule has 1 aromatic rings. The van der Waals surface area contributed by atoms with Crippen LogP contribution in [0.2, 0.25) is 0 Å². The molecule has 1 aliphatic heterocycles. The molecule has 3 rings (SSSR count). The fourth-order valence-electron chi connectivity index (χ4n) is 4.81.